The van der Waals surface area contributed by atoms with Gasteiger partial charge in [-0.1, -0.05) is 513 Å². The van der Waals surface area contributed by atoms with E-state index < -0.39 is 48.4 Å². The first-order valence-electron chi connectivity index (χ1n) is 38.6. The van der Waals surface area contributed by atoms with Crippen molar-refractivity contribution in [2.45, 2.75) is 465 Å². The molecular formula is C74H162LuSi6-2. The van der Waals surface area contributed by atoms with Crippen LogP contribution >= 0.6 is 0 Å². The van der Waals surface area contributed by atoms with Gasteiger partial charge >= 0.3 is 0 Å². The Kier molecular flexibility index (Phi) is 61.2. The predicted molar refractivity (Wildman–Crippen MR) is 396 cm³/mol. The van der Waals surface area contributed by atoms with Crippen LogP contribution in [0.15, 0.2) is 0 Å². The minimum Gasteiger partial charge on any atom is -0.309 e. The van der Waals surface area contributed by atoms with Gasteiger partial charge in [0.2, 0.25) is 0 Å². The van der Waals surface area contributed by atoms with E-state index in [2.05, 4.69) is 134 Å². The Morgan fingerprint density at radius 3 is 0.247 bits per heavy atom. The van der Waals surface area contributed by atoms with Crippen LogP contribution in [0.25, 0.3) is 0 Å². The number of unbranched alkanes of at least 4 members (excludes halogenated alkanes) is 18. The number of hydrogen-bond acceptors (Lipinski definition) is 0. The topological polar surface area (TPSA) is 0 Å². The average molecular weight is 1400 g/mol. The summed E-state index contributed by atoms with van der Waals surface area (Å²) in [6, 6.07) is 30.2. The van der Waals surface area contributed by atoms with Gasteiger partial charge in [0.05, 0.1) is 0 Å². The van der Waals surface area contributed by atoms with Gasteiger partial charge in [0.1, 0.15) is 0 Å². The molecule has 0 aromatic rings. The van der Waals surface area contributed by atoms with Crippen molar-refractivity contribution >= 4 is 48.4 Å². The Hall–Kier alpha value is 2.54. The second-order valence-electron chi connectivity index (χ2n) is 28.3. The summed E-state index contributed by atoms with van der Waals surface area (Å²) in [6.45, 7) is 45.1. The molecule has 0 aromatic carbocycles. The van der Waals surface area contributed by atoms with Crippen LogP contribution in [0.4, 0.5) is 0 Å². The summed E-state index contributed by atoms with van der Waals surface area (Å²) in [5.41, 5.74) is 0. The maximum Gasteiger partial charge on any atom is 0 e. The second kappa shape index (κ2) is 56.5. The molecule has 7 heteroatoms. The van der Waals surface area contributed by atoms with Gasteiger partial charge < -0.3 is 9.58 Å². The Balaban J connectivity index is -0.00000148. The van der Waals surface area contributed by atoms with E-state index in [1.54, 1.807) is 109 Å². The second-order valence-corrected chi connectivity index (χ2v) is 58.7. The quantitative estimate of drug-likeness (QED) is 0.0421. The molecule has 0 saturated heterocycles. The van der Waals surface area contributed by atoms with E-state index in [1.807, 2.05) is 0 Å². The molecule has 0 aromatic heterocycles. The molecule has 499 valence electrons. The third-order valence-electron chi connectivity index (χ3n) is 21.3. The van der Waals surface area contributed by atoms with Gasteiger partial charge in [0.25, 0.3) is 0 Å². The maximum atomic E-state index is 2.63. The molecule has 1 radical (unpaired) electrons. The molecule has 0 amide bonds. The standard InChI is InChI=1S/2C37H81Si3.Lu/c2*1-10-19-28-38(29-20-11-2,30-21-12-3)37(39(31-22-13-4,32-23-14-5)33-24-15-6)40(34-25-16-7,35-26-17-8)36-27-18-9;/h2*10-36H2,1-9H3;/q2*-1;. The van der Waals surface area contributed by atoms with Crippen molar-refractivity contribution < 1.29 is 36.9 Å². The van der Waals surface area contributed by atoms with Crippen molar-refractivity contribution in [1.82, 2.24) is 0 Å². The zero-order valence-electron chi connectivity index (χ0n) is 60.4. The van der Waals surface area contributed by atoms with Gasteiger partial charge in [-0.05, 0) is 0 Å². The summed E-state index contributed by atoms with van der Waals surface area (Å²) < 4.78 is 0. The monoisotopic (exact) mass is 1390 g/mol. The molecule has 0 rings (SSSR count). The van der Waals surface area contributed by atoms with Crippen molar-refractivity contribution in [2.24, 2.45) is 0 Å². The van der Waals surface area contributed by atoms with Crippen molar-refractivity contribution in [1.29, 1.82) is 0 Å². The molecule has 81 heavy (non-hydrogen) atoms. The SMILES string of the molecule is CCCC[Si](CCCC)(CCCC)[C-]([Si](CCCC)(CCCC)CCCC)[Si](CCCC)(CCCC)CCCC.CCCC[Si](CCCC)(CCCC)[C-]([Si](CCCC)(CCCC)CCCC)[Si](CCCC)(CCCC)CCCC.[Lu]. The molecular weight excluding hydrogens is 1230 g/mol. The minimum atomic E-state index is -1.52. The summed E-state index contributed by atoms with van der Waals surface area (Å²) in [6.07, 6.45) is 53.1. The first-order chi connectivity index (χ1) is 38.8. The molecule has 0 spiro atoms. The van der Waals surface area contributed by atoms with Crippen molar-refractivity contribution in [2.75, 3.05) is 0 Å². The van der Waals surface area contributed by atoms with Crippen LogP contribution in [0.3, 0.4) is 0 Å². The molecule has 0 aliphatic heterocycles. The van der Waals surface area contributed by atoms with Crippen LogP contribution in [-0.2, 0) is 0 Å². The van der Waals surface area contributed by atoms with Crippen molar-refractivity contribution in [3.05, 3.63) is 9.58 Å². The predicted octanol–water partition coefficient (Wildman–Crippen LogP) is 29.5. The largest absolute Gasteiger partial charge is 0.309 e. The molecule has 0 saturated carbocycles. The molecule has 0 heterocycles. The van der Waals surface area contributed by atoms with Gasteiger partial charge in [-0.2, -0.15) is 0 Å². The summed E-state index contributed by atoms with van der Waals surface area (Å²) >= 11 is 0. The Morgan fingerprint density at radius 2 is 0.198 bits per heavy atom. The molecule has 0 N–H and O–H groups in total. The first kappa shape index (κ1) is 87.7. The number of rotatable bonds is 60. The molecule has 0 nitrogen and oxygen atoms in total. The van der Waals surface area contributed by atoms with Gasteiger partial charge in [0, 0.05) is 36.9 Å². The molecule has 0 atom stereocenters. The Labute approximate surface area is 554 Å². The van der Waals surface area contributed by atoms with E-state index in [9.17, 15) is 0 Å². The molecule has 0 aliphatic rings. The van der Waals surface area contributed by atoms with E-state index in [1.165, 1.54) is 231 Å². The third-order valence-corrected chi connectivity index (χ3v) is 70.4. The van der Waals surface area contributed by atoms with Gasteiger partial charge in [-0.3, -0.25) is 0 Å². The fourth-order valence-electron chi connectivity index (χ4n) is 17.1. The zero-order valence-corrected chi connectivity index (χ0v) is 68.1. The van der Waals surface area contributed by atoms with Crippen LogP contribution in [0, 0.1) is 46.5 Å². The van der Waals surface area contributed by atoms with E-state index in [-0.39, 0.29) is 36.9 Å². The van der Waals surface area contributed by atoms with E-state index in [4.69, 9.17) is 0 Å². The van der Waals surface area contributed by atoms with Crippen LogP contribution in [-0.4, -0.2) is 48.4 Å². The van der Waals surface area contributed by atoms with Crippen LogP contribution < -0.4 is 0 Å². The Bertz CT molecular complexity index is 912. The van der Waals surface area contributed by atoms with Crippen molar-refractivity contribution in [3.63, 3.8) is 0 Å². The zero-order chi connectivity index (χ0) is 60.3. The molecule has 0 unspecified atom stereocenters. The van der Waals surface area contributed by atoms with E-state index in [0.717, 1.165) is 0 Å². The Morgan fingerprint density at radius 1 is 0.136 bits per heavy atom. The summed E-state index contributed by atoms with van der Waals surface area (Å²) in [5, 5.41) is 0. The molecule has 0 aliphatic carbocycles. The summed E-state index contributed by atoms with van der Waals surface area (Å²) in [7, 11) is -9.11. The molecule has 0 bridgehead atoms. The van der Waals surface area contributed by atoms with Crippen LogP contribution in [0.2, 0.25) is 109 Å². The first-order valence-corrected chi connectivity index (χ1v) is 54.3. The molecule has 0 fully saturated rings. The van der Waals surface area contributed by atoms with E-state index in [0.29, 0.717) is 0 Å². The smallest absolute Gasteiger partial charge is 0 e. The third kappa shape index (κ3) is 32.4. The van der Waals surface area contributed by atoms with Crippen LogP contribution in [0.1, 0.15) is 356 Å². The summed E-state index contributed by atoms with van der Waals surface area (Å²) in [5.74, 6) is 0. The minimum absolute atomic E-state index is 0. The van der Waals surface area contributed by atoms with Crippen molar-refractivity contribution in [3.8, 4) is 0 Å². The van der Waals surface area contributed by atoms with Crippen LogP contribution in [0.5, 0.6) is 0 Å². The fourth-order valence-corrected chi connectivity index (χ4v) is 85.2. The number of hydrogen-bond donors (Lipinski definition) is 0. The fraction of sp³-hybridized carbons (Fsp3) is 0.973. The maximum absolute atomic E-state index is 2.63. The van der Waals surface area contributed by atoms with Gasteiger partial charge in [-0.25, -0.2) is 0 Å². The summed E-state index contributed by atoms with van der Waals surface area (Å²) in [4.78, 5) is 5.27. The average Bonchev–Trinajstić information content (AvgIpc) is 3.48. The van der Waals surface area contributed by atoms with Gasteiger partial charge in [-0.15, -0.1) is 0 Å². The normalized spacial score (nSPS) is 12.9. The van der Waals surface area contributed by atoms with Gasteiger partial charge in [0.15, 0.2) is 0 Å². The van der Waals surface area contributed by atoms with E-state index >= 15 is 0 Å².